The van der Waals surface area contributed by atoms with Crippen molar-refractivity contribution in [3.8, 4) is 0 Å². The van der Waals surface area contributed by atoms with Gasteiger partial charge in [0.2, 0.25) is 0 Å². The summed E-state index contributed by atoms with van der Waals surface area (Å²) in [5.74, 6) is -0.268. The van der Waals surface area contributed by atoms with E-state index in [4.69, 9.17) is 9.57 Å². The SMILES string of the molecule is CC(C)(C)OC(=O)N1CC(CONC(=O)[C@@H]2CCC3CN2C(=O)N3O)C1. The lowest BCUT2D eigenvalue weighted by Crippen LogP contribution is -2.54. The van der Waals surface area contributed by atoms with Crippen LogP contribution in [0, 0.1) is 5.92 Å². The second-order valence-electron chi connectivity index (χ2n) is 8.06. The molecule has 0 aromatic heterocycles. The number of hydrogen-bond acceptors (Lipinski definition) is 6. The van der Waals surface area contributed by atoms with Crippen LogP contribution in [0.25, 0.3) is 0 Å². The molecule has 4 amide bonds. The fourth-order valence-electron chi connectivity index (χ4n) is 3.37. The molecule has 0 aromatic rings. The third-order valence-electron chi connectivity index (χ3n) is 4.75. The lowest BCUT2D eigenvalue weighted by molar-refractivity contribution is -0.141. The average molecular weight is 370 g/mol. The Hall–Kier alpha value is -2.07. The normalized spacial score (nSPS) is 26.0. The third kappa shape index (κ3) is 3.85. The van der Waals surface area contributed by atoms with Crippen LogP contribution in [0.1, 0.15) is 33.6 Å². The van der Waals surface area contributed by atoms with Crippen LogP contribution in [-0.4, -0.2) is 82.0 Å². The lowest BCUT2D eigenvalue weighted by Gasteiger charge is -2.39. The number of piperidine rings is 1. The summed E-state index contributed by atoms with van der Waals surface area (Å²) in [4.78, 5) is 44.2. The van der Waals surface area contributed by atoms with E-state index in [1.54, 1.807) is 4.90 Å². The summed E-state index contributed by atoms with van der Waals surface area (Å²) in [6, 6.07) is -1.41. The highest BCUT2D eigenvalue weighted by molar-refractivity contribution is 5.87. The molecule has 26 heavy (non-hydrogen) atoms. The van der Waals surface area contributed by atoms with Gasteiger partial charge in [-0.2, -0.15) is 0 Å². The van der Waals surface area contributed by atoms with Gasteiger partial charge in [0.25, 0.3) is 5.91 Å². The van der Waals surface area contributed by atoms with E-state index in [2.05, 4.69) is 5.48 Å². The van der Waals surface area contributed by atoms with Crippen LogP contribution in [0.15, 0.2) is 0 Å². The molecule has 3 rings (SSSR count). The van der Waals surface area contributed by atoms with Gasteiger partial charge in [-0.15, -0.1) is 0 Å². The predicted molar refractivity (Wildman–Crippen MR) is 87.9 cm³/mol. The Kier molecular flexibility index (Phi) is 4.98. The molecule has 0 aromatic carbocycles. The highest BCUT2D eigenvalue weighted by Gasteiger charge is 2.47. The molecule has 2 N–H and O–H groups in total. The molecule has 10 heteroatoms. The average Bonchev–Trinajstić information content (AvgIpc) is 2.72. The van der Waals surface area contributed by atoms with Crippen LogP contribution in [0.3, 0.4) is 0 Å². The minimum absolute atomic E-state index is 0.125. The Morgan fingerprint density at radius 3 is 2.58 bits per heavy atom. The number of hydroxylamine groups is 3. The summed E-state index contributed by atoms with van der Waals surface area (Å²) in [5.41, 5.74) is 1.86. The van der Waals surface area contributed by atoms with Crippen molar-refractivity contribution in [2.24, 2.45) is 5.92 Å². The maximum Gasteiger partial charge on any atom is 0.410 e. The highest BCUT2D eigenvalue weighted by atomic mass is 16.7. The van der Waals surface area contributed by atoms with E-state index in [0.29, 0.717) is 37.5 Å². The standard InChI is InChI=1S/C16H26N4O6/c1-16(2,3)26-15(23)18-6-10(7-18)9-25-17-13(21)12-5-4-11-8-19(12)14(22)20(11)24/h10-12,24H,4-9H2,1-3H3,(H,17,21)/t11?,12-/m0/s1. The van der Waals surface area contributed by atoms with E-state index in [-0.39, 0.29) is 24.7 Å². The zero-order chi connectivity index (χ0) is 19.1. The topological polar surface area (TPSA) is 112 Å². The molecule has 10 nitrogen and oxygen atoms in total. The van der Waals surface area contributed by atoms with Crippen molar-refractivity contribution in [2.45, 2.75) is 51.3 Å². The van der Waals surface area contributed by atoms with Crippen LogP contribution in [0.2, 0.25) is 0 Å². The number of amides is 4. The summed E-state index contributed by atoms with van der Waals surface area (Å²) in [7, 11) is 0. The largest absolute Gasteiger partial charge is 0.444 e. The number of fused-ring (bicyclic) bond motifs is 2. The number of ether oxygens (including phenoxy) is 1. The molecule has 3 heterocycles. The zero-order valence-corrected chi connectivity index (χ0v) is 15.3. The van der Waals surface area contributed by atoms with Crippen molar-refractivity contribution in [2.75, 3.05) is 26.2 Å². The minimum Gasteiger partial charge on any atom is -0.444 e. The summed E-state index contributed by atoms with van der Waals surface area (Å²) in [6.45, 7) is 7.10. The molecule has 3 saturated heterocycles. The van der Waals surface area contributed by atoms with Gasteiger partial charge in [0, 0.05) is 25.6 Å². The van der Waals surface area contributed by atoms with Gasteiger partial charge in [0.15, 0.2) is 0 Å². The smallest absolute Gasteiger partial charge is 0.410 e. The van der Waals surface area contributed by atoms with Gasteiger partial charge in [-0.1, -0.05) is 0 Å². The van der Waals surface area contributed by atoms with Crippen molar-refractivity contribution in [1.82, 2.24) is 20.3 Å². The first-order valence-corrected chi connectivity index (χ1v) is 8.84. The molecule has 3 fully saturated rings. The Morgan fingerprint density at radius 1 is 1.23 bits per heavy atom. The number of nitrogens with one attached hydrogen (secondary N) is 1. The molecule has 2 bridgehead atoms. The molecule has 3 aliphatic heterocycles. The van der Waals surface area contributed by atoms with E-state index >= 15 is 0 Å². The maximum absolute atomic E-state index is 12.2. The van der Waals surface area contributed by atoms with E-state index in [0.717, 1.165) is 0 Å². The molecule has 146 valence electrons. The van der Waals surface area contributed by atoms with Gasteiger partial charge in [0.1, 0.15) is 11.6 Å². The number of hydrogen-bond donors (Lipinski definition) is 2. The number of urea groups is 1. The molecule has 1 unspecified atom stereocenters. The zero-order valence-electron chi connectivity index (χ0n) is 15.3. The monoisotopic (exact) mass is 370 g/mol. The van der Waals surface area contributed by atoms with Crippen molar-refractivity contribution in [3.05, 3.63) is 0 Å². The first kappa shape index (κ1) is 18.7. The Morgan fingerprint density at radius 2 is 1.92 bits per heavy atom. The molecule has 0 spiro atoms. The first-order valence-electron chi connectivity index (χ1n) is 8.84. The van der Waals surface area contributed by atoms with E-state index in [1.807, 2.05) is 20.8 Å². The van der Waals surface area contributed by atoms with Gasteiger partial charge in [-0.25, -0.2) is 20.1 Å². The lowest BCUT2D eigenvalue weighted by atomic mass is 10.0. The first-order chi connectivity index (χ1) is 12.2. The summed E-state index contributed by atoms with van der Waals surface area (Å²) in [6.07, 6.45) is 0.707. The van der Waals surface area contributed by atoms with Crippen molar-refractivity contribution in [3.63, 3.8) is 0 Å². The molecule has 0 aliphatic carbocycles. The molecule has 0 radical (unpaired) electrons. The Bertz CT molecular complexity index is 586. The number of nitrogens with zero attached hydrogens (tertiary/aromatic N) is 3. The van der Waals surface area contributed by atoms with Crippen molar-refractivity contribution < 1.29 is 29.2 Å². The molecule has 3 aliphatic rings. The van der Waals surface area contributed by atoms with E-state index in [1.165, 1.54) is 4.90 Å². The van der Waals surface area contributed by atoms with E-state index < -0.39 is 23.6 Å². The third-order valence-corrected chi connectivity index (χ3v) is 4.75. The molecule has 2 atom stereocenters. The van der Waals surface area contributed by atoms with Crippen LogP contribution < -0.4 is 5.48 Å². The number of carbonyl (C=O) groups is 3. The number of likely N-dealkylation sites (tertiary alicyclic amines) is 1. The summed E-state index contributed by atoms with van der Waals surface area (Å²) >= 11 is 0. The Balaban J connectivity index is 1.36. The predicted octanol–water partition coefficient (Wildman–Crippen LogP) is 0.559. The fourth-order valence-corrected chi connectivity index (χ4v) is 3.37. The van der Waals surface area contributed by atoms with Crippen molar-refractivity contribution in [1.29, 1.82) is 0 Å². The van der Waals surface area contributed by atoms with Crippen LogP contribution >= 0.6 is 0 Å². The van der Waals surface area contributed by atoms with Gasteiger partial charge < -0.3 is 14.5 Å². The van der Waals surface area contributed by atoms with Gasteiger partial charge in [-0.05, 0) is 33.6 Å². The molecular formula is C16H26N4O6. The summed E-state index contributed by atoms with van der Waals surface area (Å²) in [5, 5.41) is 10.3. The van der Waals surface area contributed by atoms with Gasteiger partial charge in [0.05, 0.1) is 12.6 Å². The maximum atomic E-state index is 12.2. The van der Waals surface area contributed by atoms with Gasteiger partial charge in [-0.3, -0.25) is 14.8 Å². The quantitative estimate of drug-likeness (QED) is 0.552. The van der Waals surface area contributed by atoms with Crippen LogP contribution in [0.5, 0.6) is 0 Å². The highest BCUT2D eigenvalue weighted by Crippen LogP contribution is 2.28. The van der Waals surface area contributed by atoms with E-state index in [9.17, 15) is 19.6 Å². The Labute approximate surface area is 151 Å². The van der Waals surface area contributed by atoms with Crippen LogP contribution in [0.4, 0.5) is 9.59 Å². The fraction of sp³-hybridized carbons (Fsp3) is 0.812. The second-order valence-corrected chi connectivity index (χ2v) is 8.06. The van der Waals surface area contributed by atoms with Crippen molar-refractivity contribution >= 4 is 18.0 Å². The van der Waals surface area contributed by atoms with Gasteiger partial charge >= 0.3 is 12.1 Å². The summed E-state index contributed by atoms with van der Waals surface area (Å²) < 4.78 is 5.27. The minimum atomic E-state index is -0.629. The van der Waals surface area contributed by atoms with Crippen LogP contribution in [-0.2, 0) is 14.4 Å². The number of rotatable bonds is 4. The number of carbonyl (C=O) groups excluding carboxylic acids is 3. The molecule has 0 saturated carbocycles. The molecular weight excluding hydrogens is 344 g/mol. The second kappa shape index (κ2) is 6.92.